The van der Waals surface area contributed by atoms with Gasteiger partial charge in [-0.15, -0.1) is 35.3 Å². The number of aryl methyl sites for hydroxylation is 1. The Bertz CT molecular complexity index is 491. The highest BCUT2D eigenvalue weighted by molar-refractivity contribution is 14.0. The van der Waals surface area contributed by atoms with Crippen LogP contribution in [0.4, 0.5) is 0 Å². The molecule has 138 valence electrons. The van der Waals surface area contributed by atoms with Gasteiger partial charge in [0.15, 0.2) is 5.96 Å². The van der Waals surface area contributed by atoms with Crippen molar-refractivity contribution in [1.82, 2.24) is 20.5 Å². The highest BCUT2D eigenvalue weighted by atomic mass is 127. The first kappa shape index (κ1) is 21.6. The molecule has 1 aromatic heterocycles. The van der Waals surface area contributed by atoms with E-state index in [9.17, 15) is 0 Å². The van der Waals surface area contributed by atoms with Crippen LogP contribution in [0.25, 0.3) is 0 Å². The van der Waals surface area contributed by atoms with Gasteiger partial charge in [-0.05, 0) is 46.6 Å². The molecule has 0 aliphatic carbocycles. The number of nitrogens with zero attached hydrogens (tertiary/aromatic N) is 3. The molecule has 1 atom stereocenters. The lowest BCUT2D eigenvalue weighted by Crippen LogP contribution is -2.41. The quantitative estimate of drug-likeness (QED) is 0.281. The molecule has 1 saturated heterocycles. The van der Waals surface area contributed by atoms with Crippen LogP contribution in [0.5, 0.6) is 0 Å². The Balaban J connectivity index is 0.00000288. The second-order valence-corrected chi connectivity index (χ2v) is 7.54. The zero-order chi connectivity index (χ0) is 16.5. The Morgan fingerprint density at radius 2 is 2.25 bits per heavy atom. The van der Waals surface area contributed by atoms with Gasteiger partial charge in [0.2, 0.25) is 0 Å². The fourth-order valence-electron chi connectivity index (χ4n) is 2.94. The maximum atomic E-state index is 4.63. The first-order valence-electron chi connectivity index (χ1n) is 8.86. The lowest BCUT2D eigenvalue weighted by Gasteiger charge is -2.33. The predicted molar refractivity (Wildman–Crippen MR) is 115 cm³/mol. The summed E-state index contributed by atoms with van der Waals surface area (Å²) >= 11 is 1.71. The van der Waals surface area contributed by atoms with Crippen LogP contribution in [-0.4, -0.2) is 48.1 Å². The first-order valence-corrected chi connectivity index (χ1v) is 9.68. The van der Waals surface area contributed by atoms with Gasteiger partial charge in [-0.1, -0.05) is 6.42 Å². The summed E-state index contributed by atoms with van der Waals surface area (Å²) in [4.78, 5) is 12.8. The van der Waals surface area contributed by atoms with Crippen molar-refractivity contribution in [2.75, 3.05) is 26.2 Å². The Labute approximate surface area is 167 Å². The molecule has 1 aliphatic rings. The average molecular weight is 465 g/mol. The van der Waals surface area contributed by atoms with Crippen LogP contribution in [0, 0.1) is 6.92 Å². The number of halogens is 1. The zero-order valence-corrected chi connectivity index (χ0v) is 18.3. The van der Waals surface area contributed by atoms with Crippen molar-refractivity contribution in [2.24, 2.45) is 4.99 Å². The summed E-state index contributed by atoms with van der Waals surface area (Å²) in [5, 5.41) is 7.82. The lowest BCUT2D eigenvalue weighted by molar-refractivity contribution is 0.159. The molecule has 2 N–H and O–H groups in total. The van der Waals surface area contributed by atoms with Crippen LogP contribution in [0.2, 0.25) is 0 Å². The maximum Gasteiger partial charge on any atom is 0.191 e. The van der Waals surface area contributed by atoms with Gasteiger partial charge in [0.05, 0.1) is 6.54 Å². The SMILES string of the molecule is CCNC(=NCc1ncc(C)s1)NCCCN1CCCCC1C.I. The van der Waals surface area contributed by atoms with Crippen LogP contribution < -0.4 is 10.6 Å². The van der Waals surface area contributed by atoms with Crippen molar-refractivity contribution in [3.8, 4) is 0 Å². The van der Waals surface area contributed by atoms with Crippen molar-refractivity contribution in [3.63, 3.8) is 0 Å². The summed E-state index contributed by atoms with van der Waals surface area (Å²) in [5.74, 6) is 0.895. The minimum Gasteiger partial charge on any atom is -0.357 e. The van der Waals surface area contributed by atoms with Crippen LogP contribution in [0.15, 0.2) is 11.2 Å². The summed E-state index contributed by atoms with van der Waals surface area (Å²) < 4.78 is 0. The van der Waals surface area contributed by atoms with Crippen LogP contribution in [-0.2, 0) is 6.54 Å². The third-order valence-electron chi connectivity index (χ3n) is 4.24. The number of aliphatic imine (C=N–C) groups is 1. The molecule has 7 heteroatoms. The average Bonchev–Trinajstić information content (AvgIpc) is 2.96. The molecule has 2 rings (SSSR count). The Hall–Kier alpha value is -0.410. The van der Waals surface area contributed by atoms with E-state index < -0.39 is 0 Å². The van der Waals surface area contributed by atoms with Crippen molar-refractivity contribution in [2.45, 2.75) is 59.0 Å². The normalized spacial score (nSPS) is 19.0. The largest absolute Gasteiger partial charge is 0.357 e. The summed E-state index contributed by atoms with van der Waals surface area (Å²) in [6, 6.07) is 0.749. The van der Waals surface area contributed by atoms with Gasteiger partial charge in [0.1, 0.15) is 5.01 Å². The number of aromatic nitrogens is 1. The number of hydrogen-bond donors (Lipinski definition) is 2. The number of hydrogen-bond acceptors (Lipinski definition) is 4. The third kappa shape index (κ3) is 7.65. The standard InChI is InChI=1S/C17H31N5S.HI/c1-4-18-17(21-13-16-20-12-15(3)23-16)19-9-7-11-22-10-6-5-8-14(22)2;/h12,14H,4-11,13H2,1-3H3,(H2,18,19,21);1H. The fourth-order valence-corrected chi connectivity index (χ4v) is 3.65. The van der Waals surface area contributed by atoms with Gasteiger partial charge in [0.25, 0.3) is 0 Å². The van der Waals surface area contributed by atoms with Gasteiger partial charge in [-0.2, -0.15) is 0 Å². The van der Waals surface area contributed by atoms with E-state index >= 15 is 0 Å². The van der Waals surface area contributed by atoms with Gasteiger partial charge >= 0.3 is 0 Å². The minimum atomic E-state index is 0. The lowest BCUT2D eigenvalue weighted by atomic mass is 10.0. The molecule has 1 fully saturated rings. The van der Waals surface area contributed by atoms with Crippen molar-refractivity contribution in [3.05, 3.63) is 16.1 Å². The maximum absolute atomic E-state index is 4.63. The van der Waals surface area contributed by atoms with E-state index in [2.05, 4.69) is 46.3 Å². The predicted octanol–water partition coefficient (Wildman–Crippen LogP) is 3.39. The number of guanidine groups is 1. The van der Waals surface area contributed by atoms with E-state index in [1.54, 1.807) is 11.3 Å². The second kappa shape index (κ2) is 12.0. The highest BCUT2D eigenvalue weighted by Gasteiger charge is 2.17. The summed E-state index contributed by atoms with van der Waals surface area (Å²) in [6.07, 6.45) is 7.17. The van der Waals surface area contributed by atoms with E-state index in [1.807, 2.05) is 6.20 Å². The first-order chi connectivity index (χ1) is 11.2. The molecule has 24 heavy (non-hydrogen) atoms. The molecule has 0 saturated carbocycles. The molecule has 0 spiro atoms. The second-order valence-electron chi connectivity index (χ2n) is 6.22. The van der Waals surface area contributed by atoms with E-state index in [-0.39, 0.29) is 24.0 Å². The van der Waals surface area contributed by atoms with E-state index in [1.165, 1.54) is 37.2 Å². The smallest absolute Gasteiger partial charge is 0.191 e. The number of rotatable bonds is 7. The molecule has 2 heterocycles. The molecule has 0 aromatic carbocycles. The molecule has 0 radical (unpaired) electrons. The molecule has 0 bridgehead atoms. The summed E-state index contributed by atoms with van der Waals surface area (Å²) in [5.41, 5.74) is 0. The molecule has 1 aliphatic heterocycles. The van der Waals surface area contributed by atoms with Crippen LogP contribution in [0.3, 0.4) is 0 Å². The fraction of sp³-hybridized carbons (Fsp3) is 0.765. The molecule has 1 aromatic rings. The zero-order valence-electron chi connectivity index (χ0n) is 15.2. The minimum absolute atomic E-state index is 0. The molecular formula is C17H32IN5S. The Morgan fingerprint density at radius 3 is 2.92 bits per heavy atom. The van der Waals surface area contributed by atoms with Crippen molar-refractivity contribution >= 4 is 41.3 Å². The van der Waals surface area contributed by atoms with Crippen molar-refractivity contribution in [1.29, 1.82) is 0 Å². The van der Waals surface area contributed by atoms with E-state index in [0.29, 0.717) is 6.54 Å². The third-order valence-corrected chi connectivity index (χ3v) is 5.14. The Morgan fingerprint density at radius 1 is 1.42 bits per heavy atom. The summed E-state index contributed by atoms with van der Waals surface area (Å²) in [6.45, 7) is 11.5. The molecule has 1 unspecified atom stereocenters. The molecule has 5 nitrogen and oxygen atoms in total. The molecular weight excluding hydrogens is 433 g/mol. The van der Waals surface area contributed by atoms with E-state index in [0.717, 1.165) is 36.5 Å². The van der Waals surface area contributed by atoms with E-state index in [4.69, 9.17) is 0 Å². The monoisotopic (exact) mass is 465 g/mol. The van der Waals surface area contributed by atoms with Crippen LogP contribution in [0.1, 0.15) is 49.4 Å². The van der Waals surface area contributed by atoms with Crippen LogP contribution >= 0.6 is 35.3 Å². The molecule has 0 amide bonds. The highest BCUT2D eigenvalue weighted by Crippen LogP contribution is 2.16. The number of likely N-dealkylation sites (tertiary alicyclic amines) is 1. The Kier molecular flexibility index (Phi) is 10.8. The number of piperidine rings is 1. The van der Waals surface area contributed by atoms with Gasteiger partial charge < -0.3 is 15.5 Å². The van der Waals surface area contributed by atoms with Gasteiger partial charge in [0, 0.05) is 36.8 Å². The topological polar surface area (TPSA) is 52.6 Å². The summed E-state index contributed by atoms with van der Waals surface area (Å²) in [7, 11) is 0. The van der Waals surface area contributed by atoms with Crippen molar-refractivity contribution < 1.29 is 0 Å². The number of nitrogens with one attached hydrogen (secondary N) is 2. The van der Waals surface area contributed by atoms with Gasteiger partial charge in [-0.3, -0.25) is 0 Å². The number of thiazole rings is 1. The van der Waals surface area contributed by atoms with Gasteiger partial charge in [-0.25, -0.2) is 9.98 Å².